The van der Waals surface area contributed by atoms with E-state index in [9.17, 15) is 9.90 Å². The minimum atomic E-state index is -0.0746. The number of aromatic amines is 1. The van der Waals surface area contributed by atoms with Crippen molar-refractivity contribution in [3.8, 4) is 5.75 Å². The molecule has 2 N–H and O–H groups in total. The van der Waals surface area contributed by atoms with E-state index in [2.05, 4.69) is 4.98 Å². The molecule has 3 aromatic rings. The number of hydrogen-bond acceptors (Lipinski definition) is 3. The maximum absolute atomic E-state index is 12.8. The number of ether oxygens (including phenoxy) is 1. The first-order valence-corrected chi connectivity index (χ1v) is 8.28. The molecule has 0 radical (unpaired) electrons. The first kappa shape index (κ1) is 17.0. The third kappa shape index (κ3) is 3.83. The number of amides is 1. The summed E-state index contributed by atoms with van der Waals surface area (Å²) in [6, 6.07) is 15.5. The molecule has 2 aromatic carbocycles. The molecule has 0 bridgehead atoms. The molecule has 1 heterocycles. The van der Waals surface area contributed by atoms with Gasteiger partial charge < -0.3 is 19.7 Å². The number of hydrogen-bond donors (Lipinski definition) is 2. The van der Waals surface area contributed by atoms with Crippen molar-refractivity contribution in [2.24, 2.45) is 0 Å². The summed E-state index contributed by atoms with van der Waals surface area (Å²) in [5.41, 5.74) is 2.90. The van der Waals surface area contributed by atoms with Crippen LogP contribution in [0, 0.1) is 0 Å². The number of nitrogens with zero attached hydrogens (tertiary/aromatic N) is 1. The first-order valence-electron chi connectivity index (χ1n) is 8.28. The van der Waals surface area contributed by atoms with E-state index < -0.39 is 0 Å². The number of benzene rings is 2. The van der Waals surface area contributed by atoms with Crippen LogP contribution in [-0.4, -0.2) is 41.2 Å². The Morgan fingerprint density at radius 3 is 2.68 bits per heavy atom. The molecule has 5 heteroatoms. The maximum Gasteiger partial charge on any atom is 0.227 e. The molecule has 0 unspecified atom stereocenters. The van der Waals surface area contributed by atoms with Gasteiger partial charge in [0, 0.05) is 35.8 Å². The minimum absolute atomic E-state index is 0.0234. The van der Waals surface area contributed by atoms with E-state index in [1.165, 1.54) is 0 Å². The fraction of sp³-hybridized carbons (Fsp3) is 0.250. The second kappa shape index (κ2) is 7.85. The smallest absolute Gasteiger partial charge is 0.227 e. The van der Waals surface area contributed by atoms with Gasteiger partial charge in [0.15, 0.2) is 0 Å². The minimum Gasteiger partial charge on any atom is -0.496 e. The van der Waals surface area contributed by atoms with Crippen molar-refractivity contribution in [3.05, 3.63) is 65.9 Å². The largest absolute Gasteiger partial charge is 0.496 e. The summed E-state index contributed by atoms with van der Waals surface area (Å²) in [6.45, 7) is 0.625. The summed E-state index contributed by atoms with van der Waals surface area (Å²) < 4.78 is 5.36. The number of aliphatic hydroxyl groups excluding tert-OH is 1. The van der Waals surface area contributed by atoms with Crippen LogP contribution in [0.1, 0.15) is 11.1 Å². The molecule has 5 nitrogen and oxygen atoms in total. The van der Waals surface area contributed by atoms with Crippen LogP contribution in [0.4, 0.5) is 0 Å². The average Bonchev–Trinajstić information content (AvgIpc) is 3.05. The lowest BCUT2D eigenvalue weighted by atomic mass is 10.1. The van der Waals surface area contributed by atoms with Crippen molar-refractivity contribution >= 4 is 16.8 Å². The van der Waals surface area contributed by atoms with Crippen LogP contribution < -0.4 is 4.74 Å². The van der Waals surface area contributed by atoms with Gasteiger partial charge in [-0.2, -0.15) is 0 Å². The van der Waals surface area contributed by atoms with Crippen LogP contribution in [0.2, 0.25) is 0 Å². The second-order valence-electron chi connectivity index (χ2n) is 5.89. The van der Waals surface area contributed by atoms with Gasteiger partial charge in [-0.1, -0.05) is 36.4 Å². The molecular formula is C20H22N2O3. The van der Waals surface area contributed by atoms with Crippen LogP contribution in [0.3, 0.4) is 0 Å². The summed E-state index contributed by atoms with van der Waals surface area (Å²) in [5, 5.41) is 10.4. The number of fused-ring (bicyclic) bond motifs is 1. The van der Waals surface area contributed by atoms with E-state index in [0.717, 1.165) is 27.8 Å². The van der Waals surface area contributed by atoms with Gasteiger partial charge in [-0.3, -0.25) is 4.79 Å². The molecular weight excluding hydrogens is 316 g/mol. The number of methoxy groups -OCH3 is 1. The lowest BCUT2D eigenvalue weighted by Gasteiger charge is -2.23. The molecule has 0 aliphatic carbocycles. The maximum atomic E-state index is 12.8. The quantitative estimate of drug-likeness (QED) is 0.696. The third-order valence-electron chi connectivity index (χ3n) is 4.29. The fourth-order valence-corrected chi connectivity index (χ4v) is 3.00. The standard InChI is InChI=1S/C20H22N2O3/c1-25-19-9-5-2-6-15(19)14-22(10-11-23)20(24)12-16-13-21-18-8-4-3-7-17(16)18/h2-9,13,21,23H,10-12,14H2,1H3. The lowest BCUT2D eigenvalue weighted by molar-refractivity contribution is -0.131. The number of carbonyl (C=O) groups excluding carboxylic acids is 1. The van der Waals surface area contributed by atoms with Crippen LogP contribution in [0.5, 0.6) is 5.75 Å². The SMILES string of the molecule is COc1ccccc1CN(CCO)C(=O)Cc1c[nH]c2ccccc12. The van der Waals surface area contributed by atoms with Crippen molar-refractivity contribution in [1.82, 2.24) is 9.88 Å². The van der Waals surface area contributed by atoms with E-state index in [1.807, 2.05) is 54.7 Å². The zero-order valence-electron chi connectivity index (χ0n) is 14.2. The van der Waals surface area contributed by atoms with E-state index in [-0.39, 0.29) is 12.5 Å². The Labute approximate surface area is 146 Å². The summed E-state index contributed by atoms with van der Waals surface area (Å²) in [5.74, 6) is 0.718. The van der Waals surface area contributed by atoms with Crippen molar-refractivity contribution < 1.29 is 14.6 Å². The van der Waals surface area contributed by atoms with Gasteiger partial charge in [0.2, 0.25) is 5.91 Å². The van der Waals surface area contributed by atoms with Crippen LogP contribution >= 0.6 is 0 Å². The predicted molar refractivity (Wildman–Crippen MR) is 97.5 cm³/mol. The molecule has 25 heavy (non-hydrogen) atoms. The highest BCUT2D eigenvalue weighted by atomic mass is 16.5. The average molecular weight is 338 g/mol. The van der Waals surface area contributed by atoms with Gasteiger partial charge in [-0.05, 0) is 17.7 Å². The summed E-state index contributed by atoms with van der Waals surface area (Å²) >= 11 is 0. The van der Waals surface area contributed by atoms with E-state index >= 15 is 0 Å². The van der Waals surface area contributed by atoms with Crippen molar-refractivity contribution in [2.45, 2.75) is 13.0 Å². The highest BCUT2D eigenvalue weighted by Gasteiger charge is 2.17. The highest BCUT2D eigenvalue weighted by molar-refractivity contribution is 5.88. The van der Waals surface area contributed by atoms with Gasteiger partial charge >= 0.3 is 0 Å². The molecule has 0 spiro atoms. The number of aromatic nitrogens is 1. The molecule has 3 rings (SSSR count). The van der Waals surface area contributed by atoms with E-state index in [1.54, 1.807) is 12.0 Å². The zero-order chi connectivity index (χ0) is 17.6. The Hall–Kier alpha value is -2.79. The van der Waals surface area contributed by atoms with Crippen LogP contribution in [0.25, 0.3) is 10.9 Å². The Bertz CT molecular complexity index is 857. The molecule has 130 valence electrons. The van der Waals surface area contributed by atoms with Crippen LogP contribution in [-0.2, 0) is 17.8 Å². The monoisotopic (exact) mass is 338 g/mol. The molecule has 0 fully saturated rings. The van der Waals surface area contributed by atoms with E-state index in [4.69, 9.17) is 4.74 Å². The molecule has 0 saturated carbocycles. The van der Waals surface area contributed by atoms with Crippen molar-refractivity contribution in [2.75, 3.05) is 20.3 Å². The number of rotatable bonds is 7. The Balaban J connectivity index is 1.79. The Morgan fingerprint density at radius 2 is 1.88 bits per heavy atom. The summed E-state index contributed by atoms with van der Waals surface area (Å²) in [7, 11) is 1.61. The number of carbonyl (C=O) groups is 1. The predicted octanol–water partition coefficient (Wildman–Crippen LogP) is 2.74. The third-order valence-corrected chi connectivity index (χ3v) is 4.29. The van der Waals surface area contributed by atoms with Gasteiger partial charge in [0.1, 0.15) is 5.75 Å². The summed E-state index contributed by atoms with van der Waals surface area (Å²) in [4.78, 5) is 17.7. The number of nitrogens with one attached hydrogen (secondary N) is 1. The van der Waals surface area contributed by atoms with Gasteiger partial charge in [0.25, 0.3) is 0 Å². The molecule has 0 aliphatic heterocycles. The van der Waals surface area contributed by atoms with Gasteiger partial charge in [-0.15, -0.1) is 0 Å². The normalized spacial score (nSPS) is 10.8. The van der Waals surface area contributed by atoms with Crippen molar-refractivity contribution in [3.63, 3.8) is 0 Å². The van der Waals surface area contributed by atoms with Crippen LogP contribution in [0.15, 0.2) is 54.7 Å². The Kier molecular flexibility index (Phi) is 5.36. The lowest BCUT2D eigenvalue weighted by Crippen LogP contribution is -2.34. The van der Waals surface area contributed by atoms with Crippen molar-refractivity contribution in [1.29, 1.82) is 0 Å². The first-order chi connectivity index (χ1) is 12.2. The fourth-order valence-electron chi connectivity index (χ4n) is 3.00. The molecule has 0 saturated heterocycles. The second-order valence-corrected chi connectivity index (χ2v) is 5.89. The van der Waals surface area contributed by atoms with Gasteiger partial charge in [0.05, 0.1) is 20.1 Å². The topological polar surface area (TPSA) is 65.6 Å². The van der Waals surface area contributed by atoms with Gasteiger partial charge in [-0.25, -0.2) is 0 Å². The Morgan fingerprint density at radius 1 is 1.12 bits per heavy atom. The molecule has 1 amide bonds. The molecule has 1 aromatic heterocycles. The summed E-state index contributed by atoms with van der Waals surface area (Å²) in [6.07, 6.45) is 2.17. The molecule has 0 atom stereocenters. The highest BCUT2D eigenvalue weighted by Crippen LogP contribution is 2.21. The zero-order valence-corrected chi connectivity index (χ0v) is 14.2. The number of H-pyrrole nitrogens is 1. The number of aliphatic hydroxyl groups is 1. The van der Waals surface area contributed by atoms with E-state index in [0.29, 0.717) is 19.5 Å². The number of para-hydroxylation sites is 2. The molecule has 0 aliphatic rings.